The van der Waals surface area contributed by atoms with Crippen molar-refractivity contribution in [3.05, 3.63) is 23.9 Å². The van der Waals surface area contributed by atoms with Crippen LogP contribution in [-0.2, 0) is 4.79 Å². The largest absolute Gasteiger partial charge is 0.353 e. The SMILES string of the molecule is N#Cc1ccc(N2C3CCC2CN(CC2CCC4C(C2)NC(=O)C2CCCNC24)C3)nc1. The molecule has 2 N–H and O–H groups in total. The molecule has 5 aliphatic rings. The smallest absolute Gasteiger partial charge is 0.224 e. The number of likely N-dealkylation sites (tertiary alicyclic amines) is 1. The maximum absolute atomic E-state index is 12.7. The predicted octanol–water partition coefficient (Wildman–Crippen LogP) is 1.89. The van der Waals surface area contributed by atoms with E-state index >= 15 is 0 Å². The number of aromatic nitrogens is 1. The Morgan fingerprint density at radius 2 is 1.97 bits per heavy atom. The Morgan fingerprint density at radius 3 is 2.72 bits per heavy atom. The van der Waals surface area contributed by atoms with Crippen molar-refractivity contribution < 1.29 is 4.79 Å². The van der Waals surface area contributed by atoms with Crippen molar-refractivity contribution >= 4 is 11.7 Å². The number of carbonyl (C=O) groups is 1. The fourth-order valence-electron chi connectivity index (χ4n) is 7.47. The second kappa shape index (κ2) is 8.31. The van der Waals surface area contributed by atoms with Gasteiger partial charge < -0.3 is 15.5 Å². The van der Waals surface area contributed by atoms with Crippen LogP contribution >= 0.6 is 0 Å². The third-order valence-electron chi connectivity index (χ3n) is 8.86. The number of anilines is 1. The lowest BCUT2D eigenvalue weighted by molar-refractivity contribution is -0.133. The van der Waals surface area contributed by atoms with Crippen LogP contribution in [0.25, 0.3) is 0 Å². The van der Waals surface area contributed by atoms with Crippen LogP contribution < -0.4 is 15.5 Å². The highest BCUT2D eigenvalue weighted by Crippen LogP contribution is 2.40. The average Bonchev–Trinajstić information content (AvgIpc) is 3.09. The van der Waals surface area contributed by atoms with Gasteiger partial charge in [-0.15, -0.1) is 0 Å². The molecule has 32 heavy (non-hydrogen) atoms. The van der Waals surface area contributed by atoms with Gasteiger partial charge in [-0.2, -0.15) is 5.26 Å². The zero-order chi connectivity index (χ0) is 21.7. The van der Waals surface area contributed by atoms with Gasteiger partial charge in [0.25, 0.3) is 0 Å². The van der Waals surface area contributed by atoms with E-state index < -0.39 is 0 Å². The van der Waals surface area contributed by atoms with Crippen LogP contribution in [0, 0.1) is 29.1 Å². The van der Waals surface area contributed by atoms with Gasteiger partial charge in [-0.3, -0.25) is 9.69 Å². The molecule has 170 valence electrons. The van der Waals surface area contributed by atoms with E-state index in [1.807, 2.05) is 12.1 Å². The topological polar surface area (TPSA) is 84.3 Å². The molecule has 1 aromatic heterocycles. The van der Waals surface area contributed by atoms with E-state index in [0.29, 0.717) is 47.5 Å². The predicted molar refractivity (Wildman–Crippen MR) is 122 cm³/mol. The molecule has 5 heterocycles. The fraction of sp³-hybridized carbons (Fsp3) is 0.720. The minimum Gasteiger partial charge on any atom is -0.353 e. The molecule has 0 aromatic carbocycles. The van der Waals surface area contributed by atoms with Crippen LogP contribution in [0.4, 0.5) is 5.82 Å². The summed E-state index contributed by atoms with van der Waals surface area (Å²) in [5.74, 6) is 2.81. The van der Waals surface area contributed by atoms with Gasteiger partial charge in [-0.05, 0) is 75.5 Å². The lowest BCUT2D eigenvalue weighted by atomic mass is 9.67. The molecule has 7 atom stereocenters. The van der Waals surface area contributed by atoms with Gasteiger partial charge in [-0.1, -0.05) is 0 Å². The van der Waals surface area contributed by atoms with Crippen LogP contribution in [0.3, 0.4) is 0 Å². The van der Waals surface area contributed by atoms with Crippen molar-refractivity contribution in [2.75, 3.05) is 31.1 Å². The van der Waals surface area contributed by atoms with E-state index in [0.717, 1.165) is 51.3 Å². The zero-order valence-electron chi connectivity index (χ0n) is 18.7. The number of piperazine rings is 1. The Hall–Kier alpha value is -2.17. The third-order valence-corrected chi connectivity index (χ3v) is 8.86. The Balaban J connectivity index is 1.08. The van der Waals surface area contributed by atoms with Gasteiger partial charge in [-0.25, -0.2) is 4.98 Å². The molecule has 1 aromatic rings. The highest BCUT2D eigenvalue weighted by Gasteiger charge is 2.47. The second-order valence-corrected chi connectivity index (χ2v) is 10.7. The molecule has 1 amide bonds. The first-order valence-electron chi connectivity index (χ1n) is 12.6. The van der Waals surface area contributed by atoms with Crippen molar-refractivity contribution in [3.63, 3.8) is 0 Å². The molecule has 0 spiro atoms. The van der Waals surface area contributed by atoms with Crippen LogP contribution in [0.15, 0.2) is 18.3 Å². The monoisotopic (exact) mass is 434 g/mol. The van der Waals surface area contributed by atoms with Crippen molar-refractivity contribution in [2.24, 2.45) is 17.8 Å². The van der Waals surface area contributed by atoms with Crippen molar-refractivity contribution in [2.45, 2.75) is 69.1 Å². The van der Waals surface area contributed by atoms with E-state index in [-0.39, 0.29) is 5.92 Å². The quantitative estimate of drug-likeness (QED) is 0.756. The lowest BCUT2D eigenvalue weighted by Crippen LogP contribution is -2.64. The Morgan fingerprint density at radius 1 is 1.12 bits per heavy atom. The van der Waals surface area contributed by atoms with E-state index in [1.54, 1.807) is 6.20 Å². The van der Waals surface area contributed by atoms with Gasteiger partial charge in [0.2, 0.25) is 5.91 Å². The summed E-state index contributed by atoms with van der Waals surface area (Å²) in [6.45, 7) is 4.42. The minimum absolute atomic E-state index is 0.195. The lowest BCUT2D eigenvalue weighted by Gasteiger charge is -2.50. The van der Waals surface area contributed by atoms with Crippen molar-refractivity contribution in [1.82, 2.24) is 20.5 Å². The van der Waals surface area contributed by atoms with Crippen molar-refractivity contribution in [1.29, 1.82) is 5.26 Å². The summed E-state index contributed by atoms with van der Waals surface area (Å²) in [6, 6.07) is 7.87. The highest BCUT2D eigenvalue weighted by molar-refractivity contribution is 5.81. The Labute approximate surface area is 190 Å². The van der Waals surface area contributed by atoms with Gasteiger partial charge in [0, 0.05) is 50.0 Å². The number of pyridine rings is 1. The summed E-state index contributed by atoms with van der Waals surface area (Å²) in [7, 11) is 0. The van der Waals surface area contributed by atoms with Gasteiger partial charge in [0.1, 0.15) is 11.9 Å². The molecule has 1 saturated carbocycles. The first kappa shape index (κ1) is 20.4. The maximum atomic E-state index is 12.7. The van der Waals surface area contributed by atoms with Crippen LogP contribution in [0.1, 0.15) is 50.5 Å². The standard InChI is InChI=1S/C25H34N6O/c26-11-17-4-8-23(28-12-17)31-18-5-6-19(31)15-30(14-18)13-16-3-7-20-22(10-16)29-25(32)21-2-1-9-27-24(20)21/h4,8,12,16,18-22,24,27H,1-3,5-7,9-10,13-15H2,(H,29,32). The first-order chi connectivity index (χ1) is 15.7. The van der Waals surface area contributed by atoms with Crippen molar-refractivity contribution in [3.8, 4) is 6.07 Å². The molecule has 0 radical (unpaired) electrons. The average molecular weight is 435 g/mol. The zero-order valence-corrected chi connectivity index (χ0v) is 18.7. The third kappa shape index (κ3) is 3.58. The molecule has 7 unspecified atom stereocenters. The first-order valence-corrected chi connectivity index (χ1v) is 12.6. The normalized spacial score (nSPS) is 39.0. The van der Waals surface area contributed by atoms with Gasteiger partial charge in [0.15, 0.2) is 0 Å². The van der Waals surface area contributed by atoms with E-state index in [1.165, 1.54) is 25.7 Å². The molecule has 6 rings (SSSR count). The molecular weight excluding hydrogens is 400 g/mol. The molecule has 4 aliphatic heterocycles. The van der Waals surface area contributed by atoms with E-state index in [9.17, 15) is 4.79 Å². The Kier molecular flexibility index (Phi) is 5.31. The van der Waals surface area contributed by atoms with E-state index in [2.05, 4.69) is 31.5 Å². The molecular formula is C25H34N6O. The highest BCUT2D eigenvalue weighted by atomic mass is 16.2. The van der Waals surface area contributed by atoms with Crippen LogP contribution in [0.5, 0.6) is 0 Å². The Bertz CT molecular complexity index is 883. The number of nitrogens with one attached hydrogen (secondary N) is 2. The summed E-state index contributed by atoms with van der Waals surface area (Å²) < 4.78 is 0. The number of fused-ring (bicyclic) bond motifs is 5. The number of hydrogen-bond acceptors (Lipinski definition) is 6. The number of nitriles is 1. The summed E-state index contributed by atoms with van der Waals surface area (Å²) in [4.78, 5) is 22.5. The van der Waals surface area contributed by atoms with Gasteiger partial charge >= 0.3 is 0 Å². The summed E-state index contributed by atoms with van der Waals surface area (Å²) >= 11 is 0. The van der Waals surface area contributed by atoms with Crippen LogP contribution in [-0.4, -0.2) is 66.1 Å². The number of piperidine rings is 2. The molecule has 7 nitrogen and oxygen atoms in total. The minimum atomic E-state index is 0.195. The molecule has 5 fully saturated rings. The molecule has 7 heteroatoms. The van der Waals surface area contributed by atoms with Crippen LogP contribution in [0.2, 0.25) is 0 Å². The summed E-state index contributed by atoms with van der Waals surface area (Å²) in [5.41, 5.74) is 0.625. The maximum Gasteiger partial charge on any atom is 0.224 e. The number of rotatable bonds is 3. The molecule has 2 bridgehead atoms. The summed E-state index contributed by atoms with van der Waals surface area (Å²) in [6.07, 6.45) is 9.99. The van der Waals surface area contributed by atoms with E-state index in [4.69, 9.17) is 5.26 Å². The second-order valence-electron chi connectivity index (χ2n) is 10.7. The summed E-state index contributed by atoms with van der Waals surface area (Å²) in [5, 5.41) is 16.2. The number of nitrogens with zero attached hydrogens (tertiary/aromatic N) is 4. The number of amides is 1. The number of carbonyl (C=O) groups excluding carboxylic acids is 1. The van der Waals surface area contributed by atoms with Gasteiger partial charge in [0.05, 0.1) is 11.5 Å². The molecule has 4 saturated heterocycles. The fourth-order valence-corrected chi connectivity index (χ4v) is 7.47. The molecule has 1 aliphatic carbocycles. The number of hydrogen-bond donors (Lipinski definition) is 2.